The number of carbonyl (C=O) groups excluding carboxylic acids is 2. The van der Waals surface area contributed by atoms with Gasteiger partial charge in [0.15, 0.2) is 18.1 Å². The predicted molar refractivity (Wildman–Crippen MR) is 118 cm³/mol. The number of fused-ring (bicyclic) bond motifs is 1. The van der Waals surface area contributed by atoms with Gasteiger partial charge in [-0.05, 0) is 61.6 Å². The van der Waals surface area contributed by atoms with E-state index in [9.17, 15) is 9.59 Å². The molecule has 7 heteroatoms. The molecule has 1 aliphatic carbocycles. The summed E-state index contributed by atoms with van der Waals surface area (Å²) in [4.78, 5) is 25.6. The molecule has 1 aliphatic heterocycles. The highest BCUT2D eigenvalue weighted by molar-refractivity contribution is 6.34. The second-order valence-electron chi connectivity index (χ2n) is 8.21. The average molecular weight is 444 g/mol. The fourth-order valence-electron chi connectivity index (χ4n) is 4.45. The zero-order chi connectivity index (χ0) is 22.0. The average Bonchev–Trinajstić information content (AvgIpc) is 3.25. The number of esters is 1. The van der Waals surface area contributed by atoms with Crippen LogP contribution in [0.15, 0.2) is 30.3 Å². The van der Waals surface area contributed by atoms with Crippen molar-refractivity contribution in [1.82, 2.24) is 0 Å². The lowest BCUT2D eigenvalue weighted by molar-refractivity contribution is -0.153. The molecule has 0 atom stereocenters. The minimum Gasteiger partial charge on any atom is -0.486 e. The summed E-state index contributed by atoms with van der Waals surface area (Å²) in [5.74, 6) is 0.521. The van der Waals surface area contributed by atoms with E-state index in [0.717, 1.165) is 29.5 Å². The van der Waals surface area contributed by atoms with Crippen LogP contribution in [0.4, 0.5) is 5.69 Å². The van der Waals surface area contributed by atoms with Crippen molar-refractivity contribution in [1.29, 1.82) is 0 Å². The van der Waals surface area contributed by atoms with Crippen LogP contribution in [-0.2, 0) is 19.7 Å². The Morgan fingerprint density at radius 3 is 2.48 bits per heavy atom. The van der Waals surface area contributed by atoms with Gasteiger partial charge in [-0.15, -0.1) is 0 Å². The summed E-state index contributed by atoms with van der Waals surface area (Å²) >= 11 is 6.26. The van der Waals surface area contributed by atoms with Gasteiger partial charge < -0.3 is 19.5 Å². The van der Waals surface area contributed by atoms with Crippen LogP contribution in [0.2, 0.25) is 5.02 Å². The number of anilines is 1. The standard InChI is InChI=1S/C24H26ClNO5/c1-15-11-16(2)22(18(25)12-15)26-21(27)14-31-23(28)24(7-3-4-8-24)17-5-6-19-20(13-17)30-10-9-29-19/h5-6,11-13H,3-4,7-10,14H2,1-2H3,(H,26,27). The van der Waals surface area contributed by atoms with Gasteiger partial charge in [0, 0.05) is 0 Å². The summed E-state index contributed by atoms with van der Waals surface area (Å²) in [5, 5.41) is 3.22. The van der Waals surface area contributed by atoms with Crippen molar-refractivity contribution in [2.24, 2.45) is 0 Å². The van der Waals surface area contributed by atoms with E-state index in [-0.39, 0.29) is 12.6 Å². The van der Waals surface area contributed by atoms with Gasteiger partial charge in [-0.25, -0.2) is 0 Å². The summed E-state index contributed by atoms with van der Waals surface area (Å²) in [6, 6.07) is 9.33. The van der Waals surface area contributed by atoms with E-state index >= 15 is 0 Å². The zero-order valence-corrected chi connectivity index (χ0v) is 18.5. The van der Waals surface area contributed by atoms with Crippen molar-refractivity contribution in [2.75, 3.05) is 25.1 Å². The van der Waals surface area contributed by atoms with Gasteiger partial charge in [-0.1, -0.05) is 36.6 Å². The summed E-state index contributed by atoms with van der Waals surface area (Å²) < 4.78 is 16.8. The number of carbonyl (C=O) groups is 2. The van der Waals surface area contributed by atoms with Gasteiger partial charge in [0.1, 0.15) is 13.2 Å². The molecule has 0 saturated heterocycles. The molecule has 31 heavy (non-hydrogen) atoms. The van der Waals surface area contributed by atoms with Crippen LogP contribution in [0.1, 0.15) is 42.4 Å². The molecule has 6 nitrogen and oxygen atoms in total. The highest BCUT2D eigenvalue weighted by Crippen LogP contribution is 2.45. The SMILES string of the molecule is Cc1cc(C)c(NC(=O)COC(=O)C2(c3ccc4c(c3)OCCO4)CCCC2)c(Cl)c1. The minimum atomic E-state index is -0.770. The minimum absolute atomic E-state index is 0.366. The quantitative estimate of drug-likeness (QED) is 0.677. The maximum absolute atomic E-state index is 13.2. The molecule has 0 unspecified atom stereocenters. The van der Waals surface area contributed by atoms with Crippen LogP contribution in [-0.4, -0.2) is 31.7 Å². The monoisotopic (exact) mass is 443 g/mol. The van der Waals surface area contributed by atoms with E-state index in [1.165, 1.54) is 0 Å². The Kier molecular flexibility index (Phi) is 6.10. The maximum atomic E-state index is 13.2. The summed E-state index contributed by atoms with van der Waals surface area (Å²) in [6.45, 7) is 4.43. The van der Waals surface area contributed by atoms with Gasteiger partial charge in [-0.2, -0.15) is 0 Å². The van der Waals surface area contributed by atoms with Crippen molar-refractivity contribution in [3.05, 3.63) is 52.0 Å². The van der Waals surface area contributed by atoms with Crippen LogP contribution in [0.25, 0.3) is 0 Å². The Bertz CT molecular complexity index is 990. The molecule has 0 bridgehead atoms. The topological polar surface area (TPSA) is 73.9 Å². The number of rotatable bonds is 5. The summed E-state index contributed by atoms with van der Waals surface area (Å²) in [6.07, 6.45) is 3.20. The van der Waals surface area contributed by atoms with Crippen molar-refractivity contribution in [2.45, 2.75) is 44.9 Å². The predicted octanol–water partition coefficient (Wildman–Crippen LogP) is 4.72. The highest BCUT2D eigenvalue weighted by atomic mass is 35.5. The molecule has 1 amide bonds. The van der Waals surface area contributed by atoms with Crippen LogP contribution in [0.5, 0.6) is 11.5 Å². The first-order valence-corrected chi connectivity index (χ1v) is 10.9. The molecular weight excluding hydrogens is 418 g/mol. The van der Waals surface area contributed by atoms with Gasteiger partial charge in [0.25, 0.3) is 5.91 Å². The molecule has 0 aromatic heterocycles. The first-order valence-electron chi connectivity index (χ1n) is 10.5. The Morgan fingerprint density at radius 2 is 1.77 bits per heavy atom. The highest BCUT2D eigenvalue weighted by Gasteiger charge is 2.45. The molecule has 1 N–H and O–H groups in total. The van der Waals surface area contributed by atoms with E-state index in [4.69, 9.17) is 25.8 Å². The van der Waals surface area contributed by atoms with Gasteiger partial charge >= 0.3 is 5.97 Å². The van der Waals surface area contributed by atoms with Crippen LogP contribution < -0.4 is 14.8 Å². The van der Waals surface area contributed by atoms with Gasteiger partial charge in [0.2, 0.25) is 0 Å². The molecule has 0 radical (unpaired) electrons. The zero-order valence-electron chi connectivity index (χ0n) is 17.8. The number of halogens is 1. The second-order valence-corrected chi connectivity index (χ2v) is 8.62. The van der Waals surface area contributed by atoms with Crippen LogP contribution in [0, 0.1) is 13.8 Å². The van der Waals surface area contributed by atoms with E-state index in [1.54, 1.807) is 6.07 Å². The number of ether oxygens (including phenoxy) is 3. The Labute approximate surface area is 186 Å². The largest absolute Gasteiger partial charge is 0.486 e. The Morgan fingerprint density at radius 1 is 1.06 bits per heavy atom. The lowest BCUT2D eigenvalue weighted by Crippen LogP contribution is -2.36. The fraction of sp³-hybridized carbons (Fsp3) is 0.417. The van der Waals surface area contributed by atoms with E-state index < -0.39 is 11.3 Å². The lowest BCUT2D eigenvalue weighted by atomic mass is 9.78. The van der Waals surface area contributed by atoms with Crippen LogP contribution in [0.3, 0.4) is 0 Å². The molecule has 1 heterocycles. The van der Waals surface area contributed by atoms with Crippen molar-refractivity contribution in [3.8, 4) is 11.5 Å². The molecule has 1 saturated carbocycles. The molecule has 164 valence electrons. The normalized spacial score (nSPS) is 16.6. The van der Waals surface area contributed by atoms with Crippen molar-refractivity contribution >= 4 is 29.2 Å². The molecule has 0 spiro atoms. The number of benzene rings is 2. The molecule has 2 aromatic carbocycles. The van der Waals surface area contributed by atoms with Gasteiger partial charge in [0.05, 0.1) is 16.1 Å². The number of aryl methyl sites for hydroxylation is 2. The van der Waals surface area contributed by atoms with E-state index in [1.807, 2.05) is 38.1 Å². The Balaban J connectivity index is 1.47. The molecule has 4 rings (SSSR count). The summed E-state index contributed by atoms with van der Waals surface area (Å²) in [5.41, 5.74) is 2.48. The molecule has 2 aromatic rings. The lowest BCUT2D eigenvalue weighted by Gasteiger charge is -2.28. The third-order valence-corrected chi connectivity index (χ3v) is 6.27. The number of hydrogen-bond acceptors (Lipinski definition) is 5. The molecule has 2 aliphatic rings. The van der Waals surface area contributed by atoms with E-state index in [0.29, 0.717) is 48.3 Å². The third kappa shape index (κ3) is 4.35. The van der Waals surface area contributed by atoms with E-state index in [2.05, 4.69) is 5.32 Å². The first kappa shape index (κ1) is 21.5. The molecule has 1 fully saturated rings. The summed E-state index contributed by atoms with van der Waals surface area (Å²) in [7, 11) is 0. The number of amides is 1. The first-order chi connectivity index (χ1) is 14.9. The smallest absolute Gasteiger partial charge is 0.317 e. The van der Waals surface area contributed by atoms with Crippen LogP contribution >= 0.6 is 11.6 Å². The van der Waals surface area contributed by atoms with Gasteiger partial charge in [-0.3, -0.25) is 9.59 Å². The molecular formula is C24H26ClNO5. The number of hydrogen-bond donors (Lipinski definition) is 1. The third-order valence-electron chi connectivity index (χ3n) is 5.97. The van der Waals surface area contributed by atoms with Crippen molar-refractivity contribution in [3.63, 3.8) is 0 Å². The maximum Gasteiger partial charge on any atom is 0.317 e. The number of nitrogens with one attached hydrogen (secondary N) is 1. The second kappa shape index (κ2) is 8.79. The van der Waals surface area contributed by atoms with Crippen molar-refractivity contribution < 1.29 is 23.8 Å². The fourth-order valence-corrected chi connectivity index (χ4v) is 4.82. The Hall–Kier alpha value is -2.73.